The van der Waals surface area contributed by atoms with Gasteiger partial charge in [-0.05, 0) is 42.0 Å². The number of carbonyl (C=O) groups excluding carboxylic acids is 3. The number of nitrogens with one attached hydrogen (secondary N) is 1. The summed E-state index contributed by atoms with van der Waals surface area (Å²) in [6.07, 6.45) is 0. The fraction of sp³-hybridized carbons (Fsp3) is 0.192. The molecular weight excluding hydrogens is 536 g/mol. The zero-order valence-corrected chi connectivity index (χ0v) is 22.3. The van der Waals surface area contributed by atoms with Crippen LogP contribution in [0.5, 0.6) is 5.75 Å². The molecule has 0 aliphatic carbocycles. The highest BCUT2D eigenvalue weighted by molar-refractivity contribution is 7.89. The lowest BCUT2D eigenvalue weighted by Gasteiger charge is -2.23. The van der Waals surface area contributed by atoms with Gasteiger partial charge in [0.2, 0.25) is 15.9 Å². The average Bonchev–Trinajstić information content (AvgIpc) is 2.92. The van der Waals surface area contributed by atoms with Gasteiger partial charge < -0.3 is 19.5 Å². The molecule has 0 radical (unpaired) electrons. The number of hydrogen-bond acceptors (Lipinski definition) is 8. The Labute approximate surface area is 225 Å². The van der Waals surface area contributed by atoms with Crippen LogP contribution in [0.1, 0.15) is 26.3 Å². The maximum absolute atomic E-state index is 13.7. The summed E-state index contributed by atoms with van der Waals surface area (Å²) in [5.74, 6) is -2.16. The van der Waals surface area contributed by atoms with Crippen LogP contribution in [0.4, 0.5) is 5.69 Å². The molecule has 0 saturated carbocycles. The molecule has 0 aliphatic rings. The van der Waals surface area contributed by atoms with Crippen LogP contribution in [-0.2, 0) is 30.8 Å². The Morgan fingerprint density at radius 3 is 2.03 bits per heavy atom. The lowest BCUT2D eigenvalue weighted by Crippen LogP contribution is -2.37. The summed E-state index contributed by atoms with van der Waals surface area (Å²) >= 11 is 6.07. The second-order valence-electron chi connectivity index (χ2n) is 7.88. The lowest BCUT2D eigenvalue weighted by molar-refractivity contribution is -0.116. The second-order valence-corrected chi connectivity index (χ2v) is 10.2. The maximum atomic E-state index is 13.7. The monoisotopic (exact) mass is 560 g/mol. The van der Waals surface area contributed by atoms with Crippen LogP contribution in [-0.4, -0.2) is 58.4 Å². The molecule has 38 heavy (non-hydrogen) atoms. The predicted molar refractivity (Wildman–Crippen MR) is 140 cm³/mol. The molecule has 0 bridgehead atoms. The number of sulfonamides is 1. The van der Waals surface area contributed by atoms with Gasteiger partial charge in [-0.2, -0.15) is 4.31 Å². The van der Waals surface area contributed by atoms with Crippen molar-refractivity contribution in [3.8, 4) is 5.75 Å². The summed E-state index contributed by atoms with van der Waals surface area (Å²) in [5.41, 5.74) is 0.674. The number of halogens is 1. The van der Waals surface area contributed by atoms with Crippen molar-refractivity contribution in [1.82, 2.24) is 4.31 Å². The van der Waals surface area contributed by atoms with Crippen molar-refractivity contribution in [3.05, 3.63) is 88.4 Å². The predicted octanol–water partition coefficient (Wildman–Crippen LogP) is 3.75. The van der Waals surface area contributed by atoms with Crippen molar-refractivity contribution in [3.63, 3.8) is 0 Å². The van der Waals surface area contributed by atoms with Crippen molar-refractivity contribution in [2.24, 2.45) is 0 Å². The Bertz CT molecular complexity index is 1410. The minimum absolute atomic E-state index is 0.0110. The summed E-state index contributed by atoms with van der Waals surface area (Å²) < 4.78 is 43.0. The standard InChI is InChI=1S/C26H25ClN2O8S/c1-35-22-10-9-20(27)14-23(22)38(33,34)29(15-17-7-5-4-6-8-17)16-24(30)28-21-12-18(25(31)36-2)11-19(13-21)26(32)37-3/h4-14H,15-16H2,1-3H3,(H,28,30). The van der Waals surface area contributed by atoms with E-state index in [1.54, 1.807) is 30.3 Å². The Morgan fingerprint density at radius 1 is 0.868 bits per heavy atom. The molecule has 0 atom stereocenters. The highest BCUT2D eigenvalue weighted by atomic mass is 35.5. The molecule has 0 saturated heterocycles. The van der Waals surface area contributed by atoms with Gasteiger partial charge >= 0.3 is 11.9 Å². The molecule has 3 rings (SSSR count). The third kappa shape index (κ3) is 6.88. The van der Waals surface area contributed by atoms with E-state index < -0.39 is 34.4 Å². The summed E-state index contributed by atoms with van der Waals surface area (Å²) in [6, 6.07) is 16.7. The quantitative estimate of drug-likeness (QED) is 0.371. The number of carbonyl (C=O) groups is 3. The molecule has 1 N–H and O–H groups in total. The van der Waals surface area contributed by atoms with Crippen LogP contribution in [0.3, 0.4) is 0 Å². The van der Waals surface area contributed by atoms with Gasteiger partial charge in [0.25, 0.3) is 0 Å². The number of hydrogen-bond donors (Lipinski definition) is 1. The molecule has 0 heterocycles. The van der Waals surface area contributed by atoms with Gasteiger partial charge in [-0.3, -0.25) is 4.79 Å². The van der Waals surface area contributed by atoms with Gasteiger partial charge in [0.05, 0.1) is 39.0 Å². The molecule has 0 fully saturated rings. The molecular formula is C26H25ClN2O8S. The Kier molecular flexibility index (Phi) is 9.45. The first-order valence-corrected chi connectivity index (χ1v) is 12.9. The summed E-state index contributed by atoms with van der Waals surface area (Å²) in [5, 5.41) is 2.71. The minimum atomic E-state index is -4.29. The molecule has 0 aromatic heterocycles. The number of amides is 1. The van der Waals surface area contributed by atoms with Crippen molar-refractivity contribution in [1.29, 1.82) is 0 Å². The van der Waals surface area contributed by atoms with Crippen molar-refractivity contribution in [2.75, 3.05) is 33.2 Å². The SMILES string of the molecule is COC(=O)c1cc(NC(=O)CN(Cc2ccccc2)S(=O)(=O)c2cc(Cl)ccc2OC)cc(C(=O)OC)c1. The number of nitrogens with zero attached hydrogens (tertiary/aromatic N) is 1. The molecule has 10 nitrogen and oxygen atoms in total. The van der Waals surface area contributed by atoms with Gasteiger partial charge in [-0.1, -0.05) is 41.9 Å². The van der Waals surface area contributed by atoms with Crippen molar-refractivity contribution >= 4 is 45.2 Å². The van der Waals surface area contributed by atoms with Gasteiger partial charge in [0, 0.05) is 17.3 Å². The van der Waals surface area contributed by atoms with Gasteiger partial charge in [-0.15, -0.1) is 0 Å². The smallest absolute Gasteiger partial charge is 0.337 e. The topological polar surface area (TPSA) is 128 Å². The van der Waals surface area contributed by atoms with Crippen LogP contribution < -0.4 is 10.1 Å². The summed E-state index contributed by atoms with van der Waals surface area (Å²) in [4.78, 5) is 37.0. The van der Waals surface area contributed by atoms with Crippen LogP contribution in [0.2, 0.25) is 5.02 Å². The fourth-order valence-electron chi connectivity index (χ4n) is 3.54. The van der Waals surface area contributed by atoms with E-state index in [2.05, 4.69) is 5.32 Å². The van der Waals surface area contributed by atoms with E-state index in [-0.39, 0.29) is 39.0 Å². The van der Waals surface area contributed by atoms with E-state index in [9.17, 15) is 22.8 Å². The number of methoxy groups -OCH3 is 3. The Morgan fingerprint density at radius 2 is 1.47 bits per heavy atom. The van der Waals surface area contributed by atoms with Gasteiger partial charge in [-0.25, -0.2) is 18.0 Å². The Balaban J connectivity index is 1.97. The molecule has 1 amide bonds. The molecule has 3 aromatic rings. The highest BCUT2D eigenvalue weighted by Crippen LogP contribution is 2.30. The minimum Gasteiger partial charge on any atom is -0.495 e. The largest absolute Gasteiger partial charge is 0.495 e. The lowest BCUT2D eigenvalue weighted by atomic mass is 10.1. The average molecular weight is 561 g/mol. The number of ether oxygens (including phenoxy) is 3. The van der Waals surface area contributed by atoms with Crippen LogP contribution in [0, 0.1) is 0 Å². The number of anilines is 1. The van der Waals surface area contributed by atoms with E-state index >= 15 is 0 Å². The molecule has 0 spiro atoms. The van der Waals surface area contributed by atoms with Crippen molar-refractivity contribution in [2.45, 2.75) is 11.4 Å². The van der Waals surface area contributed by atoms with Crippen LogP contribution in [0.15, 0.2) is 71.6 Å². The third-order valence-corrected chi connectivity index (χ3v) is 7.37. The second kappa shape index (κ2) is 12.5. The van der Waals surface area contributed by atoms with Crippen LogP contribution >= 0.6 is 11.6 Å². The molecule has 3 aromatic carbocycles. The fourth-order valence-corrected chi connectivity index (χ4v) is 5.34. The number of rotatable bonds is 10. The Hall–Kier alpha value is -3.93. The molecule has 12 heteroatoms. The van der Waals surface area contributed by atoms with Crippen molar-refractivity contribution < 1.29 is 37.0 Å². The normalized spacial score (nSPS) is 11.1. The van der Waals surface area contributed by atoms with Gasteiger partial charge in [0.1, 0.15) is 10.6 Å². The third-order valence-electron chi connectivity index (χ3n) is 5.32. The first-order valence-electron chi connectivity index (χ1n) is 11.1. The van der Waals surface area contributed by atoms with E-state index in [1.165, 1.54) is 57.7 Å². The highest BCUT2D eigenvalue weighted by Gasteiger charge is 2.30. The maximum Gasteiger partial charge on any atom is 0.337 e. The van der Waals surface area contributed by atoms with Crippen LogP contribution in [0.25, 0.3) is 0 Å². The molecule has 0 aliphatic heterocycles. The first-order chi connectivity index (χ1) is 18.1. The van der Waals surface area contributed by atoms with E-state index in [1.807, 2.05) is 0 Å². The van der Waals surface area contributed by atoms with E-state index in [0.29, 0.717) is 5.56 Å². The number of esters is 2. The van der Waals surface area contributed by atoms with E-state index in [0.717, 1.165) is 4.31 Å². The summed E-state index contributed by atoms with van der Waals surface area (Å²) in [7, 11) is -0.628. The zero-order chi connectivity index (χ0) is 27.9. The number of benzene rings is 3. The van der Waals surface area contributed by atoms with E-state index in [4.69, 9.17) is 25.8 Å². The zero-order valence-electron chi connectivity index (χ0n) is 20.8. The van der Waals surface area contributed by atoms with Gasteiger partial charge in [0.15, 0.2) is 0 Å². The summed E-state index contributed by atoms with van der Waals surface area (Å²) in [6.45, 7) is -0.745. The first kappa shape index (κ1) is 28.6. The molecule has 200 valence electrons. The molecule has 0 unspecified atom stereocenters.